The first-order valence-electron chi connectivity index (χ1n) is 7.37. The van der Waals surface area contributed by atoms with Gasteiger partial charge in [0.1, 0.15) is 0 Å². The van der Waals surface area contributed by atoms with Crippen LogP contribution in [0.15, 0.2) is 0 Å². The first kappa shape index (κ1) is 16.3. The fraction of sp³-hybridized carbons (Fsp3) is 1.00. The highest BCUT2D eigenvalue weighted by atomic mass is 32.2. The highest BCUT2D eigenvalue weighted by Gasteiger charge is 2.25. The molecule has 0 bridgehead atoms. The number of rotatable bonds is 7. The average molecular weight is 273 g/mol. The monoisotopic (exact) mass is 273 g/mol. The lowest BCUT2D eigenvalue weighted by molar-refractivity contribution is 0.0773. The Balaban J connectivity index is 2.29. The number of hydrogen-bond acceptors (Lipinski definition) is 3. The summed E-state index contributed by atoms with van der Waals surface area (Å²) < 4.78 is 0. The van der Waals surface area contributed by atoms with Crippen LogP contribution in [0.3, 0.4) is 0 Å². The van der Waals surface area contributed by atoms with E-state index >= 15 is 0 Å². The Morgan fingerprint density at radius 2 is 2.11 bits per heavy atom. The van der Waals surface area contributed by atoms with Gasteiger partial charge >= 0.3 is 0 Å². The van der Waals surface area contributed by atoms with Crippen molar-refractivity contribution in [1.29, 1.82) is 0 Å². The van der Waals surface area contributed by atoms with E-state index in [-0.39, 0.29) is 0 Å². The molecule has 108 valence electrons. The van der Waals surface area contributed by atoms with Crippen LogP contribution in [-0.4, -0.2) is 35.3 Å². The number of thioether (sulfide) groups is 1. The molecule has 2 N–H and O–H groups in total. The molecule has 1 rings (SSSR count). The predicted molar refractivity (Wildman–Crippen MR) is 82.2 cm³/mol. The van der Waals surface area contributed by atoms with Crippen LogP contribution < -0.4 is 5.32 Å². The molecular formula is C15H31NOS. The van der Waals surface area contributed by atoms with Crippen molar-refractivity contribution < 1.29 is 5.11 Å². The van der Waals surface area contributed by atoms with E-state index in [4.69, 9.17) is 0 Å². The van der Waals surface area contributed by atoms with Crippen molar-refractivity contribution in [3.05, 3.63) is 0 Å². The fourth-order valence-electron chi connectivity index (χ4n) is 3.08. The number of nitrogens with one attached hydrogen (secondary N) is 1. The van der Waals surface area contributed by atoms with E-state index in [0.717, 1.165) is 24.1 Å². The molecule has 0 aromatic heterocycles. The molecule has 0 spiro atoms. The molecule has 0 amide bonds. The molecule has 18 heavy (non-hydrogen) atoms. The van der Waals surface area contributed by atoms with E-state index in [9.17, 15) is 5.11 Å². The normalized spacial score (nSPS) is 28.3. The predicted octanol–water partition coefficient (Wildman–Crippen LogP) is 3.29. The quantitative estimate of drug-likeness (QED) is 0.746. The minimum Gasteiger partial charge on any atom is -0.388 e. The van der Waals surface area contributed by atoms with Crippen LogP contribution in [-0.2, 0) is 0 Å². The van der Waals surface area contributed by atoms with Gasteiger partial charge in [-0.15, -0.1) is 0 Å². The standard InChI is InChI=1S/C15H31NOS/c1-12(2)8-13-6-5-7-14(9-13)16-10-15(3,17)11-18-4/h12-14,16-17H,5-11H2,1-4H3. The summed E-state index contributed by atoms with van der Waals surface area (Å²) in [5, 5.41) is 13.8. The largest absolute Gasteiger partial charge is 0.388 e. The van der Waals surface area contributed by atoms with E-state index in [0.29, 0.717) is 6.04 Å². The van der Waals surface area contributed by atoms with E-state index < -0.39 is 5.60 Å². The Kier molecular flexibility index (Phi) is 7.04. The second-order valence-electron chi connectivity index (χ2n) is 6.67. The molecule has 3 heteroatoms. The average Bonchev–Trinajstić information content (AvgIpc) is 2.26. The summed E-state index contributed by atoms with van der Waals surface area (Å²) in [6.07, 6.45) is 8.74. The third-order valence-electron chi connectivity index (χ3n) is 3.81. The molecular weight excluding hydrogens is 242 g/mol. The Morgan fingerprint density at radius 3 is 2.72 bits per heavy atom. The molecule has 1 saturated carbocycles. The van der Waals surface area contributed by atoms with Gasteiger partial charge in [-0.1, -0.05) is 26.7 Å². The van der Waals surface area contributed by atoms with Crippen LogP contribution in [0.25, 0.3) is 0 Å². The second kappa shape index (κ2) is 7.76. The van der Waals surface area contributed by atoms with Gasteiger partial charge < -0.3 is 10.4 Å². The molecule has 0 aliphatic heterocycles. The van der Waals surface area contributed by atoms with E-state index in [1.807, 2.05) is 13.2 Å². The van der Waals surface area contributed by atoms with Crippen LogP contribution in [0, 0.1) is 11.8 Å². The van der Waals surface area contributed by atoms with Gasteiger partial charge in [-0.05, 0) is 44.3 Å². The topological polar surface area (TPSA) is 32.3 Å². The van der Waals surface area contributed by atoms with Crippen LogP contribution in [0.5, 0.6) is 0 Å². The Morgan fingerprint density at radius 1 is 1.39 bits per heavy atom. The molecule has 3 unspecified atom stereocenters. The first-order chi connectivity index (χ1) is 8.43. The summed E-state index contributed by atoms with van der Waals surface area (Å²) in [6, 6.07) is 0.621. The lowest BCUT2D eigenvalue weighted by atomic mass is 9.81. The van der Waals surface area contributed by atoms with Crippen molar-refractivity contribution in [1.82, 2.24) is 5.32 Å². The Labute approximate surface area is 117 Å². The molecule has 0 aromatic rings. The molecule has 0 heterocycles. The van der Waals surface area contributed by atoms with Crippen LogP contribution >= 0.6 is 11.8 Å². The van der Waals surface area contributed by atoms with Crippen molar-refractivity contribution in [3.63, 3.8) is 0 Å². The highest BCUT2D eigenvalue weighted by molar-refractivity contribution is 7.98. The summed E-state index contributed by atoms with van der Waals surface area (Å²) in [7, 11) is 0. The van der Waals surface area contributed by atoms with Crippen molar-refractivity contribution >= 4 is 11.8 Å². The summed E-state index contributed by atoms with van der Waals surface area (Å²) in [6.45, 7) is 7.30. The zero-order valence-corrected chi connectivity index (χ0v) is 13.4. The van der Waals surface area contributed by atoms with Gasteiger partial charge in [0.25, 0.3) is 0 Å². The van der Waals surface area contributed by atoms with E-state index in [1.54, 1.807) is 11.8 Å². The fourth-order valence-corrected chi connectivity index (χ4v) is 3.81. The van der Waals surface area contributed by atoms with Crippen LogP contribution in [0.1, 0.15) is 52.9 Å². The summed E-state index contributed by atoms with van der Waals surface area (Å²) in [5.41, 5.74) is -0.565. The maximum absolute atomic E-state index is 10.2. The molecule has 3 atom stereocenters. The van der Waals surface area contributed by atoms with Crippen molar-refractivity contribution in [2.24, 2.45) is 11.8 Å². The van der Waals surface area contributed by atoms with E-state index in [2.05, 4.69) is 19.2 Å². The van der Waals surface area contributed by atoms with Gasteiger partial charge in [0, 0.05) is 18.3 Å². The summed E-state index contributed by atoms with van der Waals surface area (Å²) in [4.78, 5) is 0. The first-order valence-corrected chi connectivity index (χ1v) is 8.77. The Bertz CT molecular complexity index is 231. The minimum atomic E-state index is -0.565. The smallest absolute Gasteiger partial charge is 0.0833 e. The van der Waals surface area contributed by atoms with Gasteiger partial charge in [-0.3, -0.25) is 0 Å². The van der Waals surface area contributed by atoms with Gasteiger partial charge in [0.2, 0.25) is 0 Å². The molecule has 0 radical (unpaired) electrons. The molecule has 1 fully saturated rings. The second-order valence-corrected chi connectivity index (χ2v) is 7.54. The van der Waals surface area contributed by atoms with Crippen LogP contribution in [0.4, 0.5) is 0 Å². The molecule has 1 aliphatic rings. The van der Waals surface area contributed by atoms with Gasteiger partial charge in [-0.25, -0.2) is 0 Å². The van der Waals surface area contributed by atoms with Crippen LogP contribution in [0.2, 0.25) is 0 Å². The third kappa shape index (κ3) is 6.44. The molecule has 0 aromatic carbocycles. The molecule has 0 saturated heterocycles. The SMILES string of the molecule is CSCC(C)(O)CNC1CCCC(CC(C)C)C1. The van der Waals surface area contributed by atoms with E-state index in [1.165, 1.54) is 32.1 Å². The number of aliphatic hydroxyl groups is 1. The van der Waals surface area contributed by atoms with Gasteiger partial charge in [-0.2, -0.15) is 11.8 Å². The lowest BCUT2D eigenvalue weighted by Crippen LogP contribution is -2.45. The van der Waals surface area contributed by atoms with Gasteiger partial charge in [0.15, 0.2) is 0 Å². The van der Waals surface area contributed by atoms with Gasteiger partial charge in [0.05, 0.1) is 5.60 Å². The summed E-state index contributed by atoms with van der Waals surface area (Å²) >= 11 is 1.71. The Hall–Kier alpha value is 0.270. The summed E-state index contributed by atoms with van der Waals surface area (Å²) in [5.74, 6) is 2.51. The maximum Gasteiger partial charge on any atom is 0.0833 e. The lowest BCUT2D eigenvalue weighted by Gasteiger charge is -2.33. The van der Waals surface area contributed by atoms with Crippen molar-refractivity contribution in [2.75, 3.05) is 18.6 Å². The van der Waals surface area contributed by atoms with Crippen molar-refractivity contribution in [2.45, 2.75) is 64.5 Å². The number of hydrogen-bond donors (Lipinski definition) is 2. The minimum absolute atomic E-state index is 0.565. The zero-order chi connectivity index (χ0) is 13.6. The third-order valence-corrected chi connectivity index (χ3v) is 4.72. The van der Waals surface area contributed by atoms with Crippen molar-refractivity contribution in [3.8, 4) is 0 Å². The highest BCUT2D eigenvalue weighted by Crippen LogP contribution is 2.29. The maximum atomic E-state index is 10.2. The molecule has 1 aliphatic carbocycles. The molecule has 2 nitrogen and oxygen atoms in total. The zero-order valence-electron chi connectivity index (χ0n) is 12.5.